The molecule has 1 amide bonds. The molecule has 1 saturated carbocycles. The molecule has 1 aromatic rings. The monoisotopic (exact) mass is 442 g/mol. The van der Waals surface area contributed by atoms with Crippen LogP contribution in [-0.2, 0) is 14.4 Å². The Bertz CT molecular complexity index is 1180. The number of likely N-dealkylation sites (N-methyl/N-ethyl adjacent to an activating group) is 1. The number of nitrogens with two attached hydrogens (primary N) is 1. The van der Waals surface area contributed by atoms with Crippen molar-refractivity contribution in [3.8, 4) is 5.75 Å². The Morgan fingerprint density at radius 1 is 1.19 bits per heavy atom. The number of phenols is 1. The van der Waals surface area contributed by atoms with E-state index in [9.17, 15) is 39.9 Å². The number of primary amides is 1. The quantitative estimate of drug-likeness (QED) is 0.326. The normalized spacial score (nSPS) is 32.1. The van der Waals surface area contributed by atoms with E-state index in [0.717, 1.165) is 0 Å². The minimum atomic E-state index is -2.94. The summed E-state index contributed by atoms with van der Waals surface area (Å²) >= 11 is 0. The number of amides is 1. The summed E-state index contributed by atoms with van der Waals surface area (Å²) in [6.45, 7) is 3.91. The molecular weight excluding hydrogens is 420 g/mol. The van der Waals surface area contributed by atoms with E-state index in [4.69, 9.17) is 5.73 Å². The van der Waals surface area contributed by atoms with Crippen molar-refractivity contribution in [1.29, 1.82) is 0 Å². The van der Waals surface area contributed by atoms with E-state index < -0.39 is 69.7 Å². The van der Waals surface area contributed by atoms with Crippen LogP contribution in [0.2, 0.25) is 0 Å². The van der Waals surface area contributed by atoms with Gasteiger partial charge in [0.05, 0.1) is 29.2 Å². The van der Waals surface area contributed by atoms with Crippen molar-refractivity contribution in [2.75, 3.05) is 14.1 Å². The molecule has 10 nitrogen and oxygen atoms in total. The zero-order chi connectivity index (χ0) is 23.9. The number of benzene rings is 1. The Balaban J connectivity index is 2.08. The fourth-order valence-electron chi connectivity index (χ4n) is 5.21. The van der Waals surface area contributed by atoms with Gasteiger partial charge in [-0.15, -0.1) is 0 Å². The van der Waals surface area contributed by atoms with Gasteiger partial charge in [-0.05, 0) is 31.3 Å². The van der Waals surface area contributed by atoms with Crippen LogP contribution in [0.4, 0.5) is 0 Å². The second kappa shape index (κ2) is 6.76. The highest BCUT2D eigenvalue weighted by Gasteiger charge is 2.68. The van der Waals surface area contributed by atoms with Crippen LogP contribution in [0.3, 0.4) is 0 Å². The van der Waals surface area contributed by atoms with Crippen LogP contribution >= 0.6 is 0 Å². The van der Waals surface area contributed by atoms with Crippen molar-refractivity contribution in [3.63, 3.8) is 0 Å². The van der Waals surface area contributed by atoms with E-state index in [1.54, 1.807) is 0 Å². The van der Waals surface area contributed by atoms with Crippen molar-refractivity contribution < 1.29 is 39.9 Å². The van der Waals surface area contributed by atoms with Crippen LogP contribution in [0.15, 0.2) is 41.7 Å². The van der Waals surface area contributed by atoms with Crippen molar-refractivity contribution in [1.82, 2.24) is 4.90 Å². The molecule has 3 aliphatic carbocycles. The van der Waals surface area contributed by atoms with Gasteiger partial charge in [-0.3, -0.25) is 19.3 Å². The number of aromatic hydroxyl groups is 1. The first-order valence-corrected chi connectivity index (χ1v) is 9.71. The van der Waals surface area contributed by atoms with Crippen molar-refractivity contribution in [2.45, 2.75) is 17.7 Å². The fourth-order valence-corrected chi connectivity index (χ4v) is 5.21. The summed E-state index contributed by atoms with van der Waals surface area (Å²) < 4.78 is 0. The third-order valence-electron chi connectivity index (χ3n) is 6.61. The van der Waals surface area contributed by atoms with Gasteiger partial charge in [0.25, 0.3) is 5.91 Å². The molecule has 1 fully saturated rings. The Morgan fingerprint density at radius 2 is 1.81 bits per heavy atom. The molecule has 3 aliphatic rings. The molecule has 168 valence electrons. The summed E-state index contributed by atoms with van der Waals surface area (Å²) in [5.74, 6) is -8.78. The molecule has 0 radical (unpaired) electrons. The first-order chi connectivity index (χ1) is 14.9. The van der Waals surface area contributed by atoms with Crippen LogP contribution in [-0.4, -0.2) is 79.7 Å². The largest absolute Gasteiger partial charge is 0.508 e. The minimum Gasteiger partial charge on any atom is -0.508 e. The summed E-state index contributed by atoms with van der Waals surface area (Å²) in [7, 11) is 2.88. The lowest BCUT2D eigenvalue weighted by molar-refractivity contribution is -0.166. The summed E-state index contributed by atoms with van der Waals surface area (Å²) in [5, 5.41) is 54.7. The molecule has 32 heavy (non-hydrogen) atoms. The SMILES string of the molecule is C=C1c2cccc(O)c2C(O)=C2C(=O)[C@]3(O)C(O)=C(C(N)=O)C(=O)[C@@H](N(C)C)C3[C@@H](O)[C@H]12. The minimum absolute atomic E-state index is 0.124. The average Bonchev–Trinajstić information content (AvgIpc) is 2.70. The Labute approximate surface area is 182 Å². The second-order valence-electron chi connectivity index (χ2n) is 8.44. The highest BCUT2D eigenvalue weighted by molar-refractivity contribution is 6.25. The molecule has 0 aliphatic heterocycles. The van der Waals surface area contributed by atoms with Gasteiger partial charge in [0, 0.05) is 5.92 Å². The summed E-state index contributed by atoms with van der Waals surface area (Å²) in [4.78, 5) is 39.8. The third kappa shape index (κ3) is 2.42. The number of hydrogen-bond acceptors (Lipinski definition) is 9. The van der Waals surface area contributed by atoms with Gasteiger partial charge in [-0.1, -0.05) is 18.7 Å². The van der Waals surface area contributed by atoms with E-state index in [2.05, 4.69) is 6.58 Å². The first kappa shape index (κ1) is 21.8. The van der Waals surface area contributed by atoms with E-state index >= 15 is 0 Å². The van der Waals surface area contributed by atoms with Gasteiger partial charge in [0.1, 0.15) is 22.8 Å². The smallest absolute Gasteiger partial charge is 0.255 e. The van der Waals surface area contributed by atoms with Gasteiger partial charge in [0.2, 0.25) is 5.78 Å². The lowest BCUT2D eigenvalue weighted by atomic mass is 9.55. The highest BCUT2D eigenvalue weighted by Crippen LogP contribution is 2.55. The number of carbonyl (C=O) groups excluding carboxylic acids is 3. The molecule has 0 spiro atoms. The number of hydrogen-bond donors (Lipinski definition) is 6. The molecule has 10 heteroatoms. The van der Waals surface area contributed by atoms with E-state index in [1.165, 1.54) is 37.2 Å². The van der Waals surface area contributed by atoms with Crippen LogP contribution in [0.25, 0.3) is 11.3 Å². The van der Waals surface area contributed by atoms with Crippen molar-refractivity contribution >= 4 is 28.8 Å². The zero-order valence-electron chi connectivity index (χ0n) is 17.2. The standard InChI is InChI=1S/C22H22N2O8/c1-7-8-5-4-6-9(25)11(8)16(26)12-10(7)17(27)14-15(24(2)3)18(28)13(21(23)31)20(30)22(14,32)19(12)29/h4-6,10,14-15,17,25-27,30,32H,1H2,2-3H3,(H2,23,31)/t10-,14?,15+,17+,22+/m1/s1. The third-order valence-corrected chi connectivity index (χ3v) is 6.61. The predicted molar refractivity (Wildman–Crippen MR) is 111 cm³/mol. The predicted octanol–water partition coefficient (Wildman–Crippen LogP) is -0.594. The molecule has 4 rings (SSSR count). The Kier molecular flexibility index (Phi) is 4.60. The molecule has 0 heterocycles. The van der Waals surface area contributed by atoms with Crippen LogP contribution in [0, 0.1) is 11.8 Å². The maximum Gasteiger partial charge on any atom is 0.255 e. The van der Waals surface area contributed by atoms with Gasteiger partial charge in [0.15, 0.2) is 11.4 Å². The molecule has 1 unspecified atom stereocenters. The lowest BCUT2D eigenvalue weighted by Gasteiger charge is -2.52. The van der Waals surface area contributed by atoms with Crippen LogP contribution in [0.5, 0.6) is 5.75 Å². The fraction of sp³-hybridized carbons (Fsp3) is 0.318. The van der Waals surface area contributed by atoms with Crippen molar-refractivity contribution in [2.24, 2.45) is 17.6 Å². The number of aliphatic hydroxyl groups is 4. The number of nitrogens with zero attached hydrogens (tertiary/aromatic N) is 1. The molecule has 0 bridgehead atoms. The number of fused-ring (bicyclic) bond motifs is 3. The maximum atomic E-state index is 13.6. The van der Waals surface area contributed by atoms with Gasteiger partial charge in [-0.25, -0.2) is 0 Å². The van der Waals surface area contributed by atoms with E-state index in [1.807, 2.05) is 0 Å². The summed E-state index contributed by atoms with van der Waals surface area (Å²) in [6, 6.07) is 2.89. The number of phenolic OH excluding ortho intramolecular Hbond substituents is 1. The molecule has 0 saturated heterocycles. The molecule has 7 N–H and O–H groups in total. The number of Topliss-reactive ketones (excluding diaryl/α,β-unsaturated/α-hetero) is 2. The summed E-state index contributed by atoms with van der Waals surface area (Å²) in [6.07, 6.45) is -1.69. The molecule has 5 atom stereocenters. The van der Waals surface area contributed by atoms with E-state index in [-0.39, 0.29) is 22.4 Å². The van der Waals surface area contributed by atoms with Crippen LogP contribution < -0.4 is 5.73 Å². The topological polar surface area (TPSA) is 182 Å². The average molecular weight is 442 g/mol. The highest BCUT2D eigenvalue weighted by atomic mass is 16.4. The zero-order valence-corrected chi connectivity index (χ0v) is 17.2. The van der Waals surface area contributed by atoms with Gasteiger partial charge in [-0.2, -0.15) is 0 Å². The molecule has 0 aromatic heterocycles. The van der Waals surface area contributed by atoms with E-state index in [0.29, 0.717) is 0 Å². The Hall–Kier alpha value is -3.47. The Morgan fingerprint density at radius 3 is 2.38 bits per heavy atom. The maximum absolute atomic E-state index is 13.6. The van der Waals surface area contributed by atoms with Crippen LogP contribution in [0.1, 0.15) is 11.1 Å². The second-order valence-corrected chi connectivity index (χ2v) is 8.44. The first-order valence-electron chi connectivity index (χ1n) is 9.71. The van der Waals surface area contributed by atoms with Gasteiger partial charge >= 0.3 is 0 Å². The van der Waals surface area contributed by atoms with Crippen molar-refractivity contribution in [3.05, 3.63) is 52.8 Å². The number of rotatable bonds is 2. The lowest BCUT2D eigenvalue weighted by Crippen LogP contribution is -2.70. The van der Waals surface area contributed by atoms with Gasteiger partial charge < -0.3 is 31.3 Å². The molecule has 1 aromatic carbocycles. The number of ketones is 2. The summed E-state index contributed by atoms with van der Waals surface area (Å²) in [5.41, 5.74) is 1.16. The molecular formula is C22H22N2O8. The number of carbonyl (C=O) groups is 3. The number of aliphatic hydroxyl groups excluding tert-OH is 3.